The molecule has 1 heterocycles. The summed E-state index contributed by atoms with van der Waals surface area (Å²) in [6.07, 6.45) is 8.72. The lowest BCUT2D eigenvalue weighted by Gasteiger charge is -2.45. The fourth-order valence-corrected chi connectivity index (χ4v) is 4.96. The topological polar surface area (TPSA) is 71.1 Å². The minimum absolute atomic E-state index is 0.264. The van der Waals surface area contributed by atoms with E-state index in [0.29, 0.717) is 12.5 Å². The molecule has 1 fully saturated rings. The van der Waals surface area contributed by atoms with Gasteiger partial charge in [0.15, 0.2) is 0 Å². The van der Waals surface area contributed by atoms with Crippen LogP contribution in [0.25, 0.3) is 0 Å². The summed E-state index contributed by atoms with van der Waals surface area (Å²) < 4.78 is 26.8. The second kappa shape index (κ2) is 8.56. The van der Waals surface area contributed by atoms with Crippen LogP contribution in [-0.4, -0.2) is 37.2 Å². The van der Waals surface area contributed by atoms with E-state index in [9.17, 15) is 8.42 Å². The van der Waals surface area contributed by atoms with Gasteiger partial charge in [0, 0.05) is 31.4 Å². The highest BCUT2D eigenvalue weighted by Crippen LogP contribution is 2.46. The van der Waals surface area contributed by atoms with Crippen molar-refractivity contribution in [1.82, 2.24) is 15.0 Å². The lowest BCUT2D eigenvalue weighted by atomic mass is 9.61. The Morgan fingerprint density at radius 2 is 2.20 bits per heavy atom. The summed E-state index contributed by atoms with van der Waals surface area (Å²) in [5, 5.41) is 2.78. The monoisotopic (exact) mass is 383 g/mol. The first kappa shape index (κ1) is 20.3. The highest BCUT2D eigenvalue weighted by Gasteiger charge is 2.45. The van der Waals surface area contributed by atoms with Gasteiger partial charge in [0.05, 0.1) is 10.2 Å². The van der Waals surface area contributed by atoms with E-state index in [0.717, 1.165) is 42.7 Å². The highest BCUT2D eigenvalue weighted by atomic mass is 32.2. The molecule has 1 aliphatic rings. The van der Waals surface area contributed by atoms with Crippen LogP contribution in [0.3, 0.4) is 0 Å². The van der Waals surface area contributed by atoms with Gasteiger partial charge in [-0.15, -0.1) is 0 Å². The molecule has 2 unspecified atom stereocenters. The van der Waals surface area contributed by atoms with Crippen LogP contribution in [0.15, 0.2) is 24.5 Å². The van der Waals surface area contributed by atoms with Gasteiger partial charge in [-0.25, -0.2) is 13.1 Å². The number of nitrogens with one attached hydrogen (secondary N) is 2. The van der Waals surface area contributed by atoms with Crippen molar-refractivity contribution in [1.29, 1.82) is 0 Å². The molecule has 2 N–H and O–H groups in total. The molecule has 0 bridgehead atoms. The Kier molecular flexibility index (Phi) is 6.93. The summed E-state index contributed by atoms with van der Waals surface area (Å²) in [5.41, 5.74) is 0.866. The number of likely N-dealkylation sites (N-methyl/N-ethyl adjacent to an activating group) is 1. The van der Waals surface area contributed by atoms with Gasteiger partial charge in [-0.2, -0.15) is 0 Å². The standard InChI is InChI=1S/C18H29N3O2S2/c1-14(2)25(22,23)21-12-9-15-7-4-5-10-18(15,17(24)19-3)16-8-6-11-20-13-16/h6,8,11,13-15,21H,4-5,7,9-10,12H2,1-3H3,(H,19,24). The number of pyridine rings is 1. The van der Waals surface area contributed by atoms with Crippen LogP contribution >= 0.6 is 12.2 Å². The predicted molar refractivity (Wildman–Crippen MR) is 106 cm³/mol. The Hall–Kier alpha value is -1.05. The van der Waals surface area contributed by atoms with Crippen molar-refractivity contribution < 1.29 is 8.42 Å². The zero-order valence-corrected chi connectivity index (χ0v) is 16.9. The van der Waals surface area contributed by atoms with Gasteiger partial charge in [0.25, 0.3) is 0 Å². The van der Waals surface area contributed by atoms with Gasteiger partial charge >= 0.3 is 0 Å². The Bertz CT molecular complexity index is 677. The van der Waals surface area contributed by atoms with Crippen LogP contribution in [0.4, 0.5) is 0 Å². The molecule has 2 rings (SSSR count). The smallest absolute Gasteiger partial charge is 0.213 e. The molecule has 5 nitrogen and oxygen atoms in total. The molecule has 7 heteroatoms. The van der Waals surface area contributed by atoms with Gasteiger partial charge in [-0.1, -0.05) is 31.1 Å². The number of sulfonamides is 1. The van der Waals surface area contributed by atoms with Gasteiger partial charge < -0.3 is 5.32 Å². The summed E-state index contributed by atoms with van der Waals surface area (Å²) in [6.45, 7) is 3.83. The number of aromatic nitrogens is 1. The van der Waals surface area contributed by atoms with Crippen molar-refractivity contribution in [3.63, 3.8) is 0 Å². The lowest BCUT2D eigenvalue weighted by molar-refractivity contribution is 0.238. The zero-order valence-electron chi connectivity index (χ0n) is 15.3. The molecule has 140 valence electrons. The van der Waals surface area contributed by atoms with E-state index >= 15 is 0 Å². The number of hydrogen-bond donors (Lipinski definition) is 2. The van der Waals surface area contributed by atoms with Crippen molar-refractivity contribution in [3.8, 4) is 0 Å². The predicted octanol–water partition coefficient (Wildman–Crippen LogP) is 2.77. The molecule has 0 spiro atoms. The van der Waals surface area contributed by atoms with Crippen LogP contribution in [0.5, 0.6) is 0 Å². The van der Waals surface area contributed by atoms with E-state index in [1.165, 1.54) is 0 Å². The Morgan fingerprint density at radius 1 is 1.44 bits per heavy atom. The maximum absolute atomic E-state index is 12.0. The van der Waals surface area contributed by atoms with Gasteiger partial charge in [-0.3, -0.25) is 4.98 Å². The van der Waals surface area contributed by atoms with E-state index in [1.54, 1.807) is 20.0 Å². The zero-order chi connectivity index (χ0) is 18.5. The SMILES string of the molecule is CNC(=S)C1(c2cccnc2)CCCCC1CCNS(=O)(=O)C(C)C. The molecular weight excluding hydrogens is 354 g/mol. The van der Waals surface area contributed by atoms with Crippen molar-refractivity contribution in [2.75, 3.05) is 13.6 Å². The molecule has 0 saturated heterocycles. The lowest BCUT2D eigenvalue weighted by Crippen LogP contribution is -2.50. The van der Waals surface area contributed by atoms with E-state index in [4.69, 9.17) is 12.2 Å². The summed E-state index contributed by atoms with van der Waals surface area (Å²) in [4.78, 5) is 5.13. The number of hydrogen-bond acceptors (Lipinski definition) is 4. The van der Waals surface area contributed by atoms with E-state index in [2.05, 4.69) is 21.1 Å². The average Bonchev–Trinajstić information content (AvgIpc) is 2.62. The van der Waals surface area contributed by atoms with Gasteiger partial charge in [0.1, 0.15) is 0 Å². The molecule has 1 aromatic heterocycles. The first-order chi connectivity index (χ1) is 11.8. The molecule has 0 radical (unpaired) electrons. The summed E-state index contributed by atoms with van der Waals surface area (Å²) in [6, 6.07) is 4.04. The largest absolute Gasteiger partial charge is 0.382 e. The van der Waals surface area contributed by atoms with Crippen molar-refractivity contribution in [2.24, 2.45) is 5.92 Å². The van der Waals surface area contributed by atoms with Crippen LogP contribution in [0.1, 0.15) is 51.5 Å². The molecule has 25 heavy (non-hydrogen) atoms. The van der Waals surface area contributed by atoms with Crippen LogP contribution in [0, 0.1) is 5.92 Å². The van der Waals surface area contributed by atoms with E-state index < -0.39 is 15.3 Å². The molecular formula is C18H29N3O2S2. The molecule has 1 aromatic rings. The quantitative estimate of drug-likeness (QED) is 0.709. The Morgan fingerprint density at radius 3 is 2.80 bits per heavy atom. The average molecular weight is 384 g/mol. The number of rotatable bonds is 7. The third kappa shape index (κ3) is 4.38. The second-order valence-corrected chi connectivity index (χ2v) is 9.74. The van der Waals surface area contributed by atoms with Crippen LogP contribution < -0.4 is 10.0 Å². The third-order valence-corrected chi connectivity index (χ3v) is 7.71. The molecule has 0 amide bonds. The summed E-state index contributed by atoms with van der Waals surface area (Å²) in [5.74, 6) is 0.292. The molecule has 1 aliphatic carbocycles. The Balaban J connectivity index is 2.25. The fourth-order valence-electron chi connectivity index (χ4n) is 3.84. The maximum atomic E-state index is 12.0. The van der Waals surface area contributed by atoms with Gasteiger partial charge in [0.2, 0.25) is 10.0 Å². The van der Waals surface area contributed by atoms with E-state index in [-0.39, 0.29) is 5.41 Å². The first-order valence-corrected chi connectivity index (χ1v) is 10.9. The Labute approximate surface area is 157 Å². The molecule has 1 saturated carbocycles. The highest BCUT2D eigenvalue weighted by molar-refractivity contribution is 7.90. The molecule has 2 atom stereocenters. The fraction of sp³-hybridized carbons (Fsp3) is 0.667. The minimum Gasteiger partial charge on any atom is -0.382 e. The molecule has 0 aliphatic heterocycles. The van der Waals surface area contributed by atoms with Crippen molar-refractivity contribution >= 4 is 27.2 Å². The van der Waals surface area contributed by atoms with Gasteiger partial charge in [-0.05, 0) is 50.7 Å². The molecule has 0 aromatic carbocycles. The number of thiocarbonyl (C=S) groups is 1. The van der Waals surface area contributed by atoms with E-state index in [1.807, 2.05) is 19.3 Å². The first-order valence-electron chi connectivity index (χ1n) is 8.95. The van der Waals surface area contributed by atoms with Crippen LogP contribution in [-0.2, 0) is 15.4 Å². The van der Waals surface area contributed by atoms with Crippen molar-refractivity contribution in [3.05, 3.63) is 30.1 Å². The third-order valence-electron chi connectivity index (χ3n) is 5.30. The summed E-state index contributed by atoms with van der Waals surface area (Å²) in [7, 11) is -1.37. The maximum Gasteiger partial charge on any atom is 0.213 e. The van der Waals surface area contributed by atoms with Crippen molar-refractivity contribution in [2.45, 2.75) is 56.6 Å². The second-order valence-electron chi connectivity index (χ2n) is 7.01. The minimum atomic E-state index is -3.24. The summed E-state index contributed by atoms with van der Waals surface area (Å²) >= 11 is 5.73. The normalized spacial score (nSPS) is 24.2. The number of nitrogens with zero attached hydrogens (tertiary/aromatic N) is 1. The van der Waals surface area contributed by atoms with Crippen LogP contribution in [0.2, 0.25) is 0 Å².